The molecule has 1 aromatic carbocycles. The molecule has 0 aliphatic carbocycles. The van der Waals surface area contributed by atoms with Crippen LogP contribution in [0.2, 0.25) is 0 Å². The fourth-order valence-corrected chi connectivity index (χ4v) is 4.80. The number of aryl methyl sites for hydroxylation is 2. The molecule has 8 heteroatoms. The van der Waals surface area contributed by atoms with E-state index in [-0.39, 0.29) is 11.3 Å². The molecule has 2 aromatic rings. The number of carbonyl (C=O) groups is 2. The summed E-state index contributed by atoms with van der Waals surface area (Å²) in [5, 5.41) is 11.4. The average Bonchev–Trinajstić information content (AvgIpc) is 3.23. The number of amides is 1. The molecular formula is C25H31N3O5. The number of nitrogens with one attached hydrogen (secondary N) is 1. The SMILES string of the molecule is COc1ccccc1C1/C(=C(\O)c2c(C)[nH]c(C)c2C)C(=O)C(=O)N1CCN1CCOCC1. The first kappa shape index (κ1) is 23.1. The number of H-pyrrole nitrogens is 1. The number of aliphatic hydroxyl groups is 1. The number of nitrogens with zero attached hydrogens (tertiary/aromatic N) is 2. The third-order valence-electron chi connectivity index (χ3n) is 6.66. The molecule has 0 radical (unpaired) electrons. The van der Waals surface area contributed by atoms with E-state index < -0.39 is 17.7 Å². The van der Waals surface area contributed by atoms with Gasteiger partial charge in [-0.05, 0) is 32.4 Å². The summed E-state index contributed by atoms with van der Waals surface area (Å²) in [5.74, 6) is -0.880. The van der Waals surface area contributed by atoms with Gasteiger partial charge in [0.15, 0.2) is 0 Å². The molecule has 2 aliphatic rings. The van der Waals surface area contributed by atoms with Gasteiger partial charge < -0.3 is 24.5 Å². The summed E-state index contributed by atoms with van der Waals surface area (Å²) >= 11 is 0. The summed E-state index contributed by atoms with van der Waals surface area (Å²) in [5.41, 5.74) is 3.84. The Morgan fingerprint density at radius 2 is 1.82 bits per heavy atom. The Bertz CT molecular complexity index is 1100. The number of aliphatic hydroxyl groups excluding tert-OH is 1. The number of ketones is 1. The lowest BCUT2D eigenvalue weighted by molar-refractivity contribution is -0.140. The van der Waals surface area contributed by atoms with Crippen molar-refractivity contribution in [2.24, 2.45) is 0 Å². The van der Waals surface area contributed by atoms with Crippen molar-refractivity contribution in [3.8, 4) is 5.75 Å². The zero-order valence-corrected chi connectivity index (χ0v) is 19.6. The van der Waals surface area contributed by atoms with Crippen molar-refractivity contribution in [1.29, 1.82) is 0 Å². The van der Waals surface area contributed by atoms with Crippen LogP contribution < -0.4 is 4.74 Å². The normalized spacial score (nSPS) is 21.1. The van der Waals surface area contributed by atoms with Crippen molar-refractivity contribution in [1.82, 2.24) is 14.8 Å². The number of methoxy groups -OCH3 is 1. The molecule has 176 valence electrons. The van der Waals surface area contributed by atoms with Gasteiger partial charge in [-0.15, -0.1) is 0 Å². The molecular weight excluding hydrogens is 422 g/mol. The zero-order valence-electron chi connectivity index (χ0n) is 19.6. The van der Waals surface area contributed by atoms with Crippen LogP contribution in [0.4, 0.5) is 0 Å². The van der Waals surface area contributed by atoms with Crippen LogP contribution in [0, 0.1) is 20.8 Å². The van der Waals surface area contributed by atoms with Crippen LogP contribution in [-0.4, -0.2) is 78.1 Å². The van der Waals surface area contributed by atoms with Gasteiger partial charge in [-0.25, -0.2) is 0 Å². The number of Topliss-reactive ketones (excluding diaryl/α,β-unsaturated/α-hetero) is 1. The predicted octanol–water partition coefficient (Wildman–Crippen LogP) is 2.70. The minimum absolute atomic E-state index is 0.0941. The van der Waals surface area contributed by atoms with Crippen LogP contribution >= 0.6 is 0 Å². The van der Waals surface area contributed by atoms with Crippen molar-refractivity contribution in [3.63, 3.8) is 0 Å². The number of hydrogen-bond acceptors (Lipinski definition) is 6. The summed E-state index contributed by atoms with van der Waals surface area (Å²) in [4.78, 5) is 33.5. The highest BCUT2D eigenvalue weighted by molar-refractivity contribution is 6.46. The number of rotatable bonds is 6. The smallest absolute Gasteiger partial charge is 0.295 e. The highest BCUT2D eigenvalue weighted by atomic mass is 16.5. The van der Waals surface area contributed by atoms with Gasteiger partial charge in [0, 0.05) is 48.7 Å². The van der Waals surface area contributed by atoms with Crippen LogP contribution in [0.15, 0.2) is 29.8 Å². The number of aromatic nitrogens is 1. The van der Waals surface area contributed by atoms with E-state index in [9.17, 15) is 14.7 Å². The lowest BCUT2D eigenvalue weighted by Crippen LogP contribution is -2.42. The van der Waals surface area contributed by atoms with Gasteiger partial charge >= 0.3 is 0 Å². The zero-order chi connectivity index (χ0) is 23.7. The molecule has 3 heterocycles. The Hall–Kier alpha value is -3.10. The van der Waals surface area contributed by atoms with E-state index in [1.807, 2.05) is 39.0 Å². The lowest BCUT2D eigenvalue weighted by Gasteiger charge is -2.31. The minimum Gasteiger partial charge on any atom is -0.507 e. The second-order valence-electron chi connectivity index (χ2n) is 8.56. The van der Waals surface area contributed by atoms with Crippen molar-refractivity contribution in [3.05, 3.63) is 57.9 Å². The fraction of sp³-hybridized carbons (Fsp3) is 0.440. The van der Waals surface area contributed by atoms with Crippen LogP contribution in [-0.2, 0) is 14.3 Å². The summed E-state index contributed by atoms with van der Waals surface area (Å²) in [6.45, 7) is 9.49. The van der Waals surface area contributed by atoms with Gasteiger partial charge in [0.1, 0.15) is 11.5 Å². The molecule has 2 aliphatic heterocycles. The molecule has 0 bridgehead atoms. The van der Waals surface area contributed by atoms with Gasteiger partial charge in [-0.3, -0.25) is 14.5 Å². The maximum Gasteiger partial charge on any atom is 0.295 e. The Balaban J connectivity index is 1.82. The van der Waals surface area contributed by atoms with E-state index in [0.717, 1.165) is 30.0 Å². The Kier molecular flexibility index (Phi) is 6.58. The molecule has 8 nitrogen and oxygen atoms in total. The molecule has 1 unspecified atom stereocenters. The van der Waals surface area contributed by atoms with Crippen LogP contribution in [0.5, 0.6) is 5.75 Å². The second-order valence-corrected chi connectivity index (χ2v) is 8.56. The van der Waals surface area contributed by atoms with Gasteiger partial charge in [0.25, 0.3) is 11.7 Å². The van der Waals surface area contributed by atoms with Crippen LogP contribution in [0.1, 0.15) is 34.1 Å². The molecule has 4 rings (SSSR count). The first-order valence-electron chi connectivity index (χ1n) is 11.2. The molecule has 0 saturated carbocycles. The van der Waals surface area contributed by atoms with Gasteiger partial charge in [0.2, 0.25) is 0 Å². The number of para-hydroxylation sites is 1. The number of ether oxygens (including phenoxy) is 2. The Morgan fingerprint density at radius 1 is 1.12 bits per heavy atom. The van der Waals surface area contributed by atoms with Crippen molar-refractivity contribution in [2.45, 2.75) is 26.8 Å². The van der Waals surface area contributed by atoms with Gasteiger partial charge in [0.05, 0.1) is 31.9 Å². The largest absolute Gasteiger partial charge is 0.507 e. The van der Waals surface area contributed by atoms with E-state index >= 15 is 0 Å². The Labute approximate surface area is 193 Å². The van der Waals surface area contributed by atoms with Gasteiger partial charge in [-0.2, -0.15) is 0 Å². The van der Waals surface area contributed by atoms with E-state index in [1.54, 1.807) is 18.1 Å². The third-order valence-corrected chi connectivity index (χ3v) is 6.66. The first-order chi connectivity index (χ1) is 15.8. The maximum atomic E-state index is 13.3. The molecule has 2 saturated heterocycles. The number of likely N-dealkylation sites (tertiary alicyclic amines) is 1. The first-order valence-corrected chi connectivity index (χ1v) is 11.2. The monoisotopic (exact) mass is 453 g/mol. The minimum atomic E-state index is -0.740. The fourth-order valence-electron chi connectivity index (χ4n) is 4.80. The quantitative estimate of drug-likeness (QED) is 0.397. The van der Waals surface area contributed by atoms with Crippen molar-refractivity contribution >= 4 is 17.4 Å². The van der Waals surface area contributed by atoms with E-state index in [0.29, 0.717) is 43.2 Å². The third kappa shape index (κ3) is 4.16. The number of hydrogen-bond donors (Lipinski definition) is 2. The Morgan fingerprint density at radius 3 is 2.45 bits per heavy atom. The highest BCUT2D eigenvalue weighted by Gasteiger charge is 2.47. The molecule has 2 N–H and O–H groups in total. The van der Waals surface area contributed by atoms with Crippen molar-refractivity contribution in [2.75, 3.05) is 46.5 Å². The molecule has 1 aromatic heterocycles. The molecule has 1 amide bonds. The molecule has 1 atom stereocenters. The molecule has 33 heavy (non-hydrogen) atoms. The van der Waals surface area contributed by atoms with E-state index in [1.165, 1.54) is 0 Å². The summed E-state index contributed by atoms with van der Waals surface area (Å²) in [6, 6.07) is 6.58. The van der Waals surface area contributed by atoms with Crippen LogP contribution in [0.25, 0.3) is 5.76 Å². The van der Waals surface area contributed by atoms with Crippen LogP contribution in [0.3, 0.4) is 0 Å². The highest BCUT2D eigenvalue weighted by Crippen LogP contribution is 2.43. The summed E-state index contributed by atoms with van der Waals surface area (Å²) < 4.78 is 11.0. The number of aromatic amines is 1. The standard InChI is InChI=1S/C25H31N3O5/c1-15-16(2)26-17(3)20(15)23(29)21-22(18-7-5-6-8-19(18)32-4)28(25(31)24(21)30)10-9-27-11-13-33-14-12-27/h5-8,22,26,29H,9-14H2,1-4H3/b23-21+. The number of carbonyl (C=O) groups excluding carboxylic acids is 2. The maximum absolute atomic E-state index is 13.3. The topological polar surface area (TPSA) is 95.1 Å². The number of benzene rings is 1. The molecule has 0 spiro atoms. The summed E-state index contributed by atoms with van der Waals surface area (Å²) in [6.07, 6.45) is 0. The van der Waals surface area contributed by atoms with Gasteiger partial charge in [-0.1, -0.05) is 18.2 Å². The average molecular weight is 454 g/mol. The summed E-state index contributed by atoms with van der Waals surface area (Å²) in [7, 11) is 1.56. The second kappa shape index (κ2) is 9.41. The lowest BCUT2D eigenvalue weighted by atomic mass is 9.93. The van der Waals surface area contributed by atoms with E-state index in [4.69, 9.17) is 9.47 Å². The number of morpholine rings is 1. The van der Waals surface area contributed by atoms with E-state index in [2.05, 4.69) is 9.88 Å². The predicted molar refractivity (Wildman–Crippen MR) is 124 cm³/mol. The van der Waals surface area contributed by atoms with Crippen molar-refractivity contribution < 1.29 is 24.2 Å². The molecule has 2 fully saturated rings.